The molecule has 0 fully saturated rings. The standard InChI is InChI=1S/C10H18N4O2/c1-16-7-6-14-10(15)2-3-11-8-9-12-4-5-13-9/h4-5,11H,2-3,6-8H2,1H3,(H,12,13)(H,14,15). The average Bonchev–Trinajstić information content (AvgIpc) is 2.78. The second-order valence-electron chi connectivity index (χ2n) is 3.31. The van der Waals surface area contributed by atoms with Gasteiger partial charge in [-0.2, -0.15) is 0 Å². The summed E-state index contributed by atoms with van der Waals surface area (Å²) in [6.07, 6.45) is 3.94. The van der Waals surface area contributed by atoms with Crippen LogP contribution in [0.4, 0.5) is 0 Å². The van der Waals surface area contributed by atoms with Crippen LogP contribution >= 0.6 is 0 Å². The zero-order valence-corrected chi connectivity index (χ0v) is 9.45. The van der Waals surface area contributed by atoms with Gasteiger partial charge in [0.15, 0.2) is 0 Å². The van der Waals surface area contributed by atoms with Crippen LogP contribution < -0.4 is 10.6 Å². The minimum absolute atomic E-state index is 0.0315. The number of aromatic nitrogens is 2. The number of methoxy groups -OCH3 is 1. The molecule has 3 N–H and O–H groups in total. The lowest BCUT2D eigenvalue weighted by Gasteiger charge is -2.04. The van der Waals surface area contributed by atoms with Crippen LogP contribution in [0.25, 0.3) is 0 Å². The minimum atomic E-state index is 0.0315. The van der Waals surface area contributed by atoms with Crippen LogP contribution in [0.5, 0.6) is 0 Å². The molecule has 0 saturated carbocycles. The summed E-state index contributed by atoms with van der Waals surface area (Å²) in [4.78, 5) is 18.3. The van der Waals surface area contributed by atoms with Crippen LogP contribution in [0.15, 0.2) is 12.4 Å². The molecule has 0 spiro atoms. The van der Waals surface area contributed by atoms with E-state index in [0.29, 0.717) is 32.7 Å². The maximum Gasteiger partial charge on any atom is 0.221 e. The van der Waals surface area contributed by atoms with Gasteiger partial charge in [-0.3, -0.25) is 4.79 Å². The first-order chi connectivity index (χ1) is 7.83. The lowest BCUT2D eigenvalue weighted by molar-refractivity contribution is -0.121. The third-order valence-corrected chi connectivity index (χ3v) is 2.00. The van der Waals surface area contributed by atoms with Crippen LogP contribution in [0.2, 0.25) is 0 Å². The SMILES string of the molecule is COCCNC(=O)CCNCc1ncc[nH]1. The Labute approximate surface area is 94.8 Å². The van der Waals surface area contributed by atoms with Gasteiger partial charge in [-0.05, 0) is 0 Å². The maximum atomic E-state index is 11.2. The summed E-state index contributed by atoms with van der Waals surface area (Å²) in [5, 5.41) is 5.87. The van der Waals surface area contributed by atoms with Crippen LogP contribution in [0.1, 0.15) is 12.2 Å². The predicted molar refractivity (Wildman–Crippen MR) is 59.8 cm³/mol. The largest absolute Gasteiger partial charge is 0.383 e. The zero-order valence-electron chi connectivity index (χ0n) is 9.45. The van der Waals surface area contributed by atoms with E-state index in [-0.39, 0.29) is 5.91 Å². The molecule has 0 atom stereocenters. The van der Waals surface area contributed by atoms with E-state index >= 15 is 0 Å². The highest BCUT2D eigenvalue weighted by atomic mass is 16.5. The van der Waals surface area contributed by atoms with Crippen LogP contribution in [-0.4, -0.2) is 42.7 Å². The Bertz CT molecular complexity index is 287. The highest BCUT2D eigenvalue weighted by Gasteiger charge is 2.00. The monoisotopic (exact) mass is 226 g/mol. The number of H-pyrrole nitrogens is 1. The van der Waals surface area contributed by atoms with E-state index in [1.54, 1.807) is 19.5 Å². The molecule has 0 aliphatic carbocycles. The molecule has 16 heavy (non-hydrogen) atoms. The molecule has 90 valence electrons. The number of amides is 1. The van der Waals surface area contributed by atoms with Crippen molar-refractivity contribution in [3.8, 4) is 0 Å². The third kappa shape index (κ3) is 5.47. The van der Waals surface area contributed by atoms with Crippen molar-refractivity contribution in [2.75, 3.05) is 26.8 Å². The molecule has 0 saturated heterocycles. The van der Waals surface area contributed by atoms with Gasteiger partial charge in [0, 0.05) is 39.0 Å². The van der Waals surface area contributed by atoms with E-state index in [1.165, 1.54) is 0 Å². The summed E-state index contributed by atoms with van der Waals surface area (Å²) in [7, 11) is 1.61. The molecule has 1 heterocycles. The number of carbonyl (C=O) groups excluding carboxylic acids is 1. The van der Waals surface area contributed by atoms with Gasteiger partial charge in [0.05, 0.1) is 13.2 Å². The van der Waals surface area contributed by atoms with Crippen molar-refractivity contribution < 1.29 is 9.53 Å². The first-order valence-electron chi connectivity index (χ1n) is 5.27. The van der Waals surface area contributed by atoms with E-state index in [9.17, 15) is 4.79 Å². The quantitative estimate of drug-likeness (QED) is 0.529. The summed E-state index contributed by atoms with van der Waals surface area (Å²) in [5.41, 5.74) is 0. The molecule has 0 radical (unpaired) electrons. The normalized spacial score (nSPS) is 10.3. The Morgan fingerprint density at radius 2 is 2.44 bits per heavy atom. The lowest BCUT2D eigenvalue weighted by atomic mass is 10.4. The van der Waals surface area contributed by atoms with Crippen molar-refractivity contribution in [1.29, 1.82) is 0 Å². The van der Waals surface area contributed by atoms with Crippen molar-refractivity contribution in [1.82, 2.24) is 20.6 Å². The zero-order chi connectivity index (χ0) is 11.6. The molecular weight excluding hydrogens is 208 g/mol. The van der Waals surface area contributed by atoms with Gasteiger partial charge < -0.3 is 20.4 Å². The van der Waals surface area contributed by atoms with Crippen molar-refractivity contribution in [2.24, 2.45) is 0 Å². The van der Waals surface area contributed by atoms with Crippen molar-refractivity contribution in [3.63, 3.8) is 0 Å². The smallest absolute Gasteiger partial charge is 0.221 e. The highest BCUT2D eigenvalue weighted by molar-refractivity contribution is 5.75. The molecule has 0 bridgehead atoms. The lowest BCUT2D eigenvalue weighted by Crippen LogP contribution is -2.30. The molecule has 1 amide bonds. The van der Waals surface area contributed by atoms with Crippen molar-refractivity contribution in [2.45, 2.75) is 13.0 Å². The number of rotatable bonds is 8. The summed E-state index contributed by atoms with van der Waals surface area (Å²) in [5.74, 6) is 0.906. The van der Waals surface area contributed by atoms with E-state index < -0.39 is 0 Å². The van der Waals surface area contributed by atoms with Gasteiger partial charge in [0.2, 0.25) is 5.91 Å². The molecule has 0 aromatic carbocycles. The molecule has 1 aromatic heterocycles. The molecule has 1 aromatic rings. The molecular formula is C10H18N4O2. The molecule has 0 aliphatic rings. The second-order valence-corrected chi connectivity index (χ2v) is 3.31. The Hall–Kier alpha value is -1.40. The Morgan fingerprint density at radius 1 is 1.56 bits per heavy atom. The molecule has 6 nitrogen and oxygen atoms in total. The van der Waals surface area contributed by atoms with E-state index in [1.807, 2.05) is 0 Å². The fourth-order valence-electron chi connectivity index (χ4n) is 1.18. The van der Waals surface area contributed by atoms with Gasteiger partial charge >= 0.3 is 0 Å². The minimum Gasteiger partial charge on any atom is -0.383 e. The predicted octanol–water partition coefficient (Wildman–Crippen LogP) is -0.348. The van der Waals surface area contributed by atoms with Crippen molar-refractivity contribution in [3.05, 3.63) is 18.2 Å². The van der Waals surface area contributed by atoms with Crippen LogP contribution in [0.3, 0.4) is 0 Å². The first-order valence-corrected chi connectivity index (χ1v) is 5.27. The second kappa shape index (κ2) is 7.84. The Balaban J connectivity index is 1.96. The van der Waals surface area contributed by atoms with Crippen LogP contribution in [0, 0.1) is 0 Å². The third-order valence-electron chi connectivity index (χ3n) is 2.00. The number of hydrogen-bond donors (Lipinski definition) is 3. The maximum absolute atomic E-state index is 11.2. The van der Waals surface area contributed by atoms with Gasteiger partial charge in [-0.1, -0.05) is 0 Å². The Kier molecular flexibility index (Phi) is 6.20. The van der Waals surface area contributed by atoms with Gasteiger partial charge in [0.1, 0.15) is 5.82 Å². The number of imidazole rings is 1. The average molecular weight is 226 g/mol. The number of carbonyl (C=O) groups is 1. The van der Waals surface area contributed by atoms with Gasteiger partial charge in [-0.15, -0.1) is 0 Å². The summed E-state index contributed by atoms with van der Waals surface area (Å²) in [6, 6.07) is 0. The number of nitrogens with zero attached hydrogens (tertiary/aromatic N) is 1. The number of nitrogens with one attached hydrogen (secondary N) is 3. The van der Waals surface area contributed by atoms with E-state index in [0.717, 1.165) is 5.82 Å². The number of ether oxygens (including phenoxy) is 1. The fraction of sp³-hybridized carbons (Fsp3) is 0.600. The number of aromatic amines is 1. The molecule has 0 aliphatic heterocycles. The number of hydrogen-bond acceptors (Lipinski definition) is 4. The molecule has 0 unspecified atom stereocenters. The highest BCUT2D eigenvalue weighted by Crippen LogP contribution is 1.86. The summed E-state index contributed by atoms with van der Waals surface area (Å²) in [6.45, 7) is 2.40. The van der Waals surface area contributed by atoms with Gasteiger partial charge in [-0.25, -0.2) is 4.98 Å². The fourth-order valence-corrected chi connectivity index (χ4v) is 1.18. The summed E-state index contributed by atoms with van der Waals surface area (Å²) < 4.78 is 4.82. The van der Waals surface area contributed by atoms with E-state index in [2.05, 4.69) is 20.6 Å². The topological polar surface area (TPSA) is 79.0 Å². The molecule has 6 heteroatoms. The van der Waals surface area contributed by atoms with E-state index in [4.69, 9.17) is 4.74 Å². The Morgan fingerprint density at radius 3 is 3.12 bits per heavy atom. The van der Waals surface area contributed by atoms with Crippen molar-refractivity contribution >= 4 is 5.91 Å². The summed E-state index contributed by atoms with van der Waals surface area (Å²) >= 11 is 0. The van der Waals surface area contributed by atoms with Gasteiger partial charge in [0.25, 0.3) is 0 Å². The van der Waals surface area contributed by atoms with Crippen LogP contribution in [-0.2, 0) is 16.1 Å². The first kappa shape index (κ1) is 12.7. The molecule has 1 rings (SSSR count).